The first-order valence-electron chi connectivity index (χ1n) is 8.69. The molecule has 3 rings (SSSR count). The Labute approximate surface area is 142 Å². The van der Waals surface area contributed by atoms with E-state index in [1.165, 1.54) is 0 Å². The fourth-order valence-corrected chi connectivity index (χ4v) is 3.56. The topological polar surface area (TPSA) is 85.0 Å². The number of nitrogens with two attached hydrogens (primary N) is 1. The van der Waals surface area contributed by atoms with Crippen molar-refractivity contribution < 1.29 is 19.4 Å². The molecule has 2 aliphatic heterocycles. The Morgan fingerprint density at radius 3 is 2.92 bits per heavy atom. The number of ether oxygens (including phenoxy) is 2. The molecule has 0 aromatic heterocycles. The third-order valence-electron chi connectivity index (χ3n) is 4.98. The zero-order valence-corrected chi connectivity index (χ0v) is 13.9. The monoisotopic (exact) mass is 334 g/mol. The smallest absolute Gasteiger partial charge is 0.253 e. The average Bonchev–Trinajstić information content (AvgIpc) is 2.63. The number of likely N-dealkylation sites (tertiary alicyclic amines) is 1. The Hall–Kier alpha value is -1.63. The molecule has 6 nitrogen and oxygen atoms in total. The number of piperidine rings is 1. The van der Waals surface area contributed by atoms with Gasteiger partial charge >= 0.3 is 0 Å². The summed E-state index contributed by atoms with van der Waals surface area (Å²) in [6, 6.07) is 7.20. The quantitative estimate of drug-likeness (QED) is 0.863. The van der Waals surface area contributed by atoms with Crippen LogP contribution in [0.1, 0.15) is 36.0 Å². The van der Waals surface area contributed by atoms with E-state index in [9.17, 15) is 9.90 Å². The van der Waals surface area contributed by atoms with Crippen molar-refractivity contribution in [2.45, 2.75) is 37.4 Å². The minimum Gasteiger partial charge on any atom is -0.492 e. The van der Waals surface area contributed by atoms with Crippen molar-refractivity contribution in [3.63, 3.8) is 0 Å². The lowest BCUT2D eigenvalue weighted by atomic mass is 9.82. The van der Waals surface area contributed by atoms with Gasteiger partial charge in [-0.05, 0) is 43.9 Å². The molecule has 2 heterocycles. The fourth-order valence-electron chi connectivity index (χ4n) is 3.56. The molecule has 1 spiro atoms. The van der Waals surface area contributed by atoms with Gasteiger partial charge in [-0.2, -0.15) is 0 Å². The molecule has 2 aliphatic rings. The van der Waals surface area contributed by atoms with Crippen LogP contribution >= 0.6 is 0 Å². The third kappa shape index (κ3) is 3.55. The molecule has 1 atom stereocenters. The summed E-state index contributed by atoms with van der Waals surface area (Å²) in [5.41, 5.74) is 5.60. The summed E-state index contributed by atoms with van der Waals surface area (Å²) in [6.45, 7) is 2.77. The van der Waals surface area contributed by atoms with E-state index < -0.39 is 11.7 Å². The molecule has 1 aromatic rings. The highest BCUT2D eigenvalue weighted by atomic mass is 16.5. The second kappa shape index (κ2) is 7.51. The summed E-state index contributed by atoms with van der Waals surface area (Å²) >= 11 is 0. The summed E-state index contributed by atoms with van der Waals surface area (Å²) in [6.07, 6.45) is 2.64. The number of rotatable bonds is 4. The van der Waals surface area contributed by atoms with Crippen LogP contribution in [-0.2, 0) is 4.74 Å². The van der Waals surface area contributed by atoms with Crippen molar-refractivity contribution in [3.05, 3.63) is 29.8 Å². The molecule has 0 saturated carbocycles. The van der Waals surface area contributed by atoms with Crippen molar-refractivity contribution >= 4 is 5.91 Å². The molecule has 6 heteroatoms. The Bertz CT molecular complexity index is 570. The number of carbonyl (C=O) groups excluding carboxylic acids is 1. The normalized spacial score (nSPS) is 23.2. The lowest BCUT2D eigenvalue weighted by molar-refractivity contribution is -0.174. The lowest BCUT2D eigenvalue weighted by Gasteiger charge is -2.46. The van der Waals surface area contributed by atoms with Gasteiger partial charge in [-0.25, -0.2) is 0 Å². The van der Waals surface area contributed by atoms with Crippen LogP contribution in [0, 0.1) is 0 Å². The van der Waals surface area contributed by atoms with Gasteiger partial charge in [0.1, 0.15) is 12.4 Å². The number of hydrogen-bond acceptors (Lipinski definition) is 5. The van der Waals surface area contributed by atoms with Crippen LogP contribution < -0.4 is 10.5 Å². The van der Waals surface area contributed by atoms with E-state index in [0.717, 1.165) is 12.8 Å². The van der Waals surface area contributed by atoms with Gasteiger partial charge in [-0.15, -0.1) is 0 Å². The summed E-state index contributed by atoms with van der Waals surface area (Å²) < 4.78 is 11.4. The summed E-state index contributed by atoms with van der Waals surface area (Å²) in [5, 5.41) is 10.3. The van der Waals surface area contributed by atoms with Crippen LogP contribution in [0.3, 0.4) is 0 Å². The van der Waals surface area contributed by atoms with Crippen molar-refractivity contribution in [1.82, 2.24) is 4.90 Å². The van der Waals surface area contributed by atoms with E-state index in [1.807, 2.05) is 17.0 Å². The number of hydrogen-bond donors (Lipinski definition) is 2. The van der Waals surface area contributed by atoms with Gasteiger partial charge in [0.05, 0.1) is 11.7 Å². The third-order valence-corrected chi connectivity index (χ3v) is 4.98. The average molecular weight is 334 g/mol. The zero-order chi connectivity index (χ0) is 17.0. The molecule has 3 N–H and O–H groups in total. The van der Waals surface area contributed by atoms with Gasteiger partial charge in [-0.3, -0.25) is 4.79 Å². The van der Waals surface area contributed by atoms with Gasteiger partial charge in [-0.1, -0.05) is 6.07 Å². The number of benzene rings is 1. The first-order valence-corrected chi connectivity index (χ1v) is 8.69. The molecule has 2 saturated heterocycles. The van der Waals surface area contributed by atoms with Gasteiger partial charge < -0.3 is 25.2 Å². The van der Waals surface area contributed by atoms with Gasteiger partial charge in [0, 0.05) is 31.8 Å². The Balaban J connectivity index is 1.63. The first-order chi connectivity index (χ1) is 11.6. The molecule has 1 amide bonds. The van der Waals surface area contributed by atoms with E-state index in [2.05, 4.69) is 0 Å². The largest absolute Gasteiger partial charge is 0.492 e. The number of aliphatic hydroxyl groups is 1. The first kappa shape index (κ1) is 17.2. The number of aliphatic hydroxyl groups excluding tert-OH is 1. The molecular formula is C18H26N2O4. The van der Waals surface area contributed by atoms with Gasteiger partial charge in [0.2, 0.25) is 0 Å². The van der Waals surface area contributed by atoms with Crippen molar-refractivity contribution in [2.75, 3.05) is 32.8 Å². The molecule has 0 bridgehead atoms. The van der Waals surface area contributed by atoms with Crippen molar-refractivity contribution in [1.29, 1.82) is 0 Å². The van der Waals surface area contributed by atoms with Crippen LogP contribution in [0.5, 0.6) is 5.75 Å². The Morgan fingerprint density at radius 2 is 2.21 bits per heavy atom. The van der Waals surface area contributed by atoms with Crippen LogP contribution in [0.2, 0.25) is 0 Å². The Morgan fingerprint density at radius 1 is 1.42 bits per heavy atom. The molecule has 0 radical (unpaired) electrons. The molecule has 2 fully saturated rings. The Kier molecular flexibility index (Phi) is 5.38. The van der Waals surface area contributed by atoms with E-state index in [4.69, 9.17) is 15.2 Å². The SMILES string of the molecule is NCCOc1cccc(C(=O)N2CCC3(CC2)OCCCC3O)c1. The highest BCUT2D eigenvalue weighted by molar-refractivity contribution is 5.94. The van der Waals surface area contributed by atoms with E-state index >= 15 is 0 Å². The van der Waals surface area contributed by atoms with Crippen molar-refractivity contribution in [3.8, 4) is 5.75 Å². The predicted molar refractivity (Wildman–Crippen MR) is 90.1 cm³/mol. The zero-order valence-electron chi connectivity index (χ0n) is 13.9. The molecule has 24 heavy (non-hydrogen) atoms. The maximum atomic E-state index is 12.7. The van der Waals surface area contributed by atoms with Crippen LogP contribution in [-0.4, -0.2) is 60.5 Å². The maximum absolute atomic E-state index is 12.7. The molecule has 0 aliphatic carbocycles. The van der Waals surface area contributed by atoms with Crippen LogP contribution in [0.25, 0.3) is 0 Å². The molecule has 132 valence electrons. The summed E-state index contributed by atoms with van der Waals surface area (Å²) in [5.74, 6) is 0.652. The second-order valence-corrected chi connectivity index (χ2v) is 6.53. The molecular weight excluding hydrogens is 308 g/mol. The minimum absolute atomic E-state index is 0.00616. The number of amides is 1. The minimum atomic E-state index is -0.457. The molecule has 1 aromatic carbocycles. The highest BCUT2D eigenvalue weighted by Crippen LogP contribution is 2.35. The van der Waals surface area contributed by atoms with Crippen molar-refractivity contribution in [2.24, 2.45) is 5.73 Å². The maximum Gasteiger partial charge on any atom is 0.253 e. The summed E-state index contributed by atoms with van der Waals surface area (Å²) in [7, 11) is 0. The van der Waals surface area contributed by atoms with Crippen LogP contribution in [0.15, 0.2) is 24.3 Å². The van der Waals surface area contributed by atoms with Crippen LogP contribution in [0.4, 0.5) is 0 Å². The molecule has 1 unspecified atom stereocenters. The number of carbonyl (C=O) groups is 1. The highest BCUT2D eigenvalue weighted by Gasteiger charge is 2.44. The fraction of sp³-hybridized carbons (Fsp3) is 0.611. The standard InChI is InChI=1S/C18H26N2O4/c19-8-12-23-15-4-1-3-14(13-15)17(22)20-9-6-18(7-10-20)16(21)5-2-11-24-18/h1,3-4,13,16,21H,2,5-12,19H2. The number of nitrogens with zero attached hydrogens (tertiary/aromatic N) is 1. The van der Waals surface area contributed by atoms with Gasteiger partial charge in [0.25, 0.3) is 5.91 Å². The van der Waals surface area contributed by atoms with Gasteiger partial charge in [0.15, 0.2) is 0 Å². The second-order valence-electron chi connectivity index (χ2n) is 6.53. The lowest BCUT2D eigenvalue weighted by Crippen LogP contribution is -2.56. The van der Waals surface area contributed by atoms with E-state index in [-0.39, 0.29) is 5.91 Å². The van der Waals surface area contributed by atoms with E-state index in [0.29, 0.717) is 57.0 Å². The predicted octanol–water partition coefficient (Wildman–Crippen LogP) is 1.17. The summed E-state index contributed by atoms with van der Waals surface area (Å²) in [4.78, 5) is 14.6. The van der Waals surface area contributed by atoms with E-state index in [1.54, 1.807) is 12.1 Å².